The molecule has 8 rings (SSSR count). The lowest BCUT2D eigenvalue weighted by Gasteiger charge is -2.42. The van der Waals surface area contributed by atoms with Crippen molar-refractivity contribution in [1.82, 2.24) is 25.2 Å². The number of anilines is 1. The fourth-order valence-corrected chi connectivity index (χ4v) is 8.28. The molecule has 0 spiro atoms. The Balaban J connectivity index is 1.19. The van der Waals surface area contributed by atoms with Crippen LogP contribution < -0.4 is 15.0 Å². The number of likely N-dealkylation sites (tertiary alicyclic amines) is 1. The van der Waals surface area contributed by atoms with Crippen LogP contribution in [-0.2, 0) is 11.2 Å². The van der Waals surface area contributed by atoms with Crippen molar-refractivity contribution < 1.29 is 31.4 Å². The lowest BCUT2D eigenvalue weighted by Crippen LogP contribution is -2.58. The summed E-state index contributed by atoms with van der Waals surface area (Å²) in [6.45, 7) is 8.98. The van der Waals surface area contributed by atoms with Gasteiger partial charge in [0.15, 0.2) is 5.82 Å². The van der Waals surface area contributed by atoms with E-state index in [0.717, 1.165) is 31.2 Å². The molecule has 2 aromatic carbocycles. The highest BCUT2D eigenvalue weighted by Crippen LogP contribution is 2.48. The molecule has 2 saturated heterocycles. The number of aromatic nitrogens is 3. The molecule has 5 heterocycles. The number of piperazine rings is 1. The van der Waals surface area contributed by atoms with Gasteiger partial charge in [-0.05, 0) is 67.3 Å². The summed E-state index contributed by atoms with van der Waals surface area (Å²) in [7, 11) is 0. The normalized spacial score (nSPS) is 24.8. The predicted molar refractivity (Wildman–Crippen MR) is 180 cm³/mol. The number of ether oxygens (including phenoxy) is 2. The van der Waals surface area contributed by atoms with Crippen LogP contribution in [0.25, 0.3) is 32.9 Å². The highest BCUT2D eigenvalue weighted by atomic mass is 19.4. The highest BCUT2D eigenvalue weighted by Gasteiger charge is 2.47. The van der Waals surface area contributed by atoms with E-state index in [9.17, 15) is 17.6 Å². The molecule has 8 nitrogen and oxygen atoms in total. The van der Waals surface area contributed by atoms with E-state index < -0.39 is 18.3 Å². The number of hydrogen-bond donors (Lipinski definition) is 1. The standard InChI is InChI=1S/C37H41F5N6O2/c1-4-23-16-48-28(15-43-23)20(2)14-27-30-33(31(39)32(44-27)25-7-5-6-22-8-9-26(38)21(3)29(22)25)45-35(46-34(30)48)49-19-36(11-12-36)18-47-13-10-24(17-47)50-37(40,41)42/h5-9,20,23-24,28,43H,4,10-19H2,1-3H3/t20?,23-,24+,28-/m1/s1. The van der Waals surface area contributed by atoms with E-state index in [1.807, 2.05) is 17.0 Å². The summed E-state index contributed by atoms with van der Waals surface area (Å²) in [5, 5.41) is 5.62. The van der Waals surface area contributed by atoms with Gasteiger partial charge >= 0.3 is 12.4 Å². The predicted octanol–water partition coefficient (Wildman–Crippen LogP) is 6.95. The summed E-state index contributed by atoms with van der Waals surface area (Å²) >= 11 is 0. The third kappa shape index (κ3) is 6.15. The number of halogens is 5. The minimum Gasteiger partial charge on any atom is -0.463 e. The van der Waals surface area contributed by atoms with Crippen LogP contribution in [0, 0.1) is 29.9 Å². The molecular weight excluding hydrogens is 655 g/mol. The molecule has 1 unspecified atom stereocenters. The maximum absolute atomic E-state index is 17.1. The van der Waals surface area contributed by atoms with Crippen molar-refractivity contribution in [2.45, 2.75) is 77.4 Å². The van der Waals surface area contributed by atoms with Crippen LogP contribution in [0.3, 0.4) is 0 Å². The van der Waals surface area contributed by atoms with E-state index in [2.05, 4.69) is 28.8 Å². The molecular formula is C37H41F5N6O2. The smallest absolute Gasteiger partial charge is 0.463 e. The number of rotatable bonds is 8. The van der Waals surface area contributed by atoms with Gasteiger partial charge in [-0.25, -0.2) is 13.8 Å². The Labute approximate surface area is 287 Å². The largest absolute Gasteiger partial charge is 0.522 e. The number of nitrogens with zero attached hydrogens (tertiary/aromatic N) is 5. The molecule has 4 atom stereocenters. The van der Waals surface area contributed by atoms with Crippen molar-refractivity contribution in [3.8, 4) is 17.3 Å². The van der Waals surface area contributed by atoms with Crippen LogP contribution in [0.5, 0.6) is 6.01 Å². The van der Waals surface area contributed by atoms with E-state index in [1.165, 1.54) is 6.07 Å². The Morgan fingerprint density at radius 2 is 1.86 bits per heavy atom. The van der Waals surface area contributed by atoms with E-state index in [-0.39, 0.29) is 59.6 Å². The summed E-state index contributed by atoms with van der Waals surface area (Å²) in [5.74, 6) is -0.237. The summed E-state index contributed by atoms with van der Waals surface area (Å²) < 4.78 is 81.0. The summed E-state index contributed by atoms with van der Waals surface area (Å²) in [4.78, 5) is 18.9. The number of hydrogen-bond acceptors (Lipinski definition) is 8. The van der Waals surface area contributed by atoms with Crippen LogP contribution in [0.4, 0.5) is 27.8 Å². The molecule has 2 aromatic heterocycles. The molecule has 1 aliphatic carbocycles. The molecule has 4 aliphatic rings. The van der Waals surface area contributed by atoms with Crippen molar-refractivity contribution in [2.24, 2.45) is 11.3 Å². The van der Waals surface area contributed by atoms with Gasteiger partial charge in [0, 0.05) is 55.8 Å². The van der Waals surface area contributed by atoms with Crippen molar-refractivity contribution in [3.05, 3.63) is 53.2 Å². The minimum atomic E-state index is -4.65. The van der Waals surface area contributed by atoms with Crippen LogP contribution in [0.15, 0.2) is 30.3 Å². The highest BCUT2D eigenvalue weighted by molar-refractivity contribution is 6.01. The fourth-order valence-electron chi connectivity index (χ4n) is 8.28. The zero-order valence-corrected chi connectivity index (χ0v) is 28.4. The number of aryl methyl sites for hydroxylation is 1. The van der Waals surface area contributed by atoms with Gasteiger partial charge in [-0.3, -0.25) is 9.64 Å². The molecule has 4 aromatic rings. The Hall–Kier alpha value is -3.68. The van der Waals surface area contributed by atoms with Gasteiger partial charge in [0.1, 0.15) is 22.8 Å². The van der Waals surface area contributed by atoms with Crippen molar-refractivity contribution >= 4 is 27.5 Å². The number of fused-ring (bicyclic) bond motifs is 3. The van der Waals surface area contributed by atoms with Crippen molar-refractivity contribution in [2.75, 3.05) is 44.2 Å². The second-order valence-corrected chi connectivity index (χ2v) is 14.8. The van der Waals surface area contributed by atoms with Gasteiger partial charge in [0.2, 0.25) is 0 Å². The van der Waals surface area contributed by atoms with Crippen LogP contribution >= 0.6 is 0 Å². The SMILES string of the molecule is CC[C@@H]1CN2c3nc(OCC4(CN5CC[C@H](OC(F)(F)F)C5)CC4)nc4c(F)c(-c5cccc6ccc(F)c(C)c56)nc(c34)CC(C)[C@H]2CN1. The summed E-state index contributed by atoms with van der Waals surface area (Å²) in [6.07, 6.45) is -2.01. The molecule has 1 saturated carbocycles. The molecule has 3 fully saturated rings. The van der Waals surface area contributed by atoms with Crippen LogP contribution in [-0.4, -0.2) is 83.7 Å². The summed E-state index contributed by atoms with van der Waals surface area (Å²) in [6, 6.07) is 8.95. The first kappa shape index (κ1) is 33.5. The molecule has 0 bridgehead atoms. The maximum Gasteiger partial charge on any atom is 0.522 e. The number of benzene rings is 2. The Morgan fingerprint density at radius 1 is 1.04 bits per heavy atom. The quantitative estimate of drug-likeness (QED) is 0.199. The van der Waals surface area contributed by atoms with Gasteiger partial charge in [-0.2, -0.15) is 9.97 Å². The molecule has 50 heavy (non-hydrogen) atoms. The molecule has 13 heteroatoms. The second-order valence-electron chi connectivity index (χ2n) is 14.8. The zero-order chi connectivity index (χ0) is 34.9. The Morgan fingerprint density at radius 3 is 2.62 bits per heavy atom. The van der Waals surface area contributed by atoms with Crippen LogP contribution in [0.1, 0.15) is 50.8 Å². The van der Waals surface area contributed by atoms with E-state index in [4.69, 9.17) is 19.7 Å². The second kappa shape index (κ2) is 12.5. The Bertz CT molecular complexity index is 1950. The number of pyridine rings is 1. The number of alkyl halides is 3. The minimum absolute atomic E-state index is 0.0560. The van der Waals surface area contributed by atoms with Crippen LogP contribution in [0.2, 0.25) is 0 Å². The first-order valence-corrected chi connectivity index (χ1v) is 17.6. The van der Waals surface area contributed by atoms with Gasteiger partial charge in [-0.15, -0.1) is 13.2 Å². The average Bonchev–Trinajstić information content (AvgIpc) is 3.75. The van der Waals surface area contributed by atoms with Gasteiger partial charge in [0.05, 0.1) is 23.8 Å². The van der Waals surface area contributed by atoms with Crippen molar-refractivity contribution in [3.63, 3.8) is 0 Å². The van der Waals surface area contributed by atoms with Gasteiger partial charge < -0.3 is 15.0 Å². The molecule has 0 amide bonds. The fraction of sp³-hybridized carbons (Fsp3) is 0.541. The molecule has 266 valence electrons. The topological polar surface area (TPSA) is 75.6 Å². The lowest BCUT2D eigenvalue weighted by molar-refractivity contribution is -0.340. The molecule has 0 radical (unpaired) electrons. The molecule has 3 aliphatic heterocycles. The third-order valence-electron chi connectivity index (χ3n) is 11.2. The lowest BCUT2D eigenvalue weighted by atomic mass is 9.93. The zero-order valence-electron chi connectivity index (χ0n) is 28.4. The number of nitrogens with one attached hydrogen (secondary N) is 1. The van der Waals surface area contributed by atoms with E-state index >= 15 is 4.39 Å². The Kier molecular flexibility index (Phi) is 8.38. The van der Waals surface area contributed by atoms with E-state index in [0.29, 0.717) is 65.9 Å². The first-order valence-electron chi connectivity index (χ1n) is 17.6. The third-order valence-corrected chi connectivity index (χ3v) is 11.2. The van der Waals surface area contributed by atoms with Gasteiger partial charge in [-0.1, -0.05) is 38.1 Å². The monoisotopic (exact) mass is 696 g/mol. The summed E-state index contributed by atoms with van der Waals surface area (Å²) in [5.41, 5.74) is 1.59. The maximum atomic E-state index is 17.1. The first-order chi connectivity index (χ1) is 23.9. The van der Waals surface area contributed by atoms with Gasteiger partial charge in [0.25, 0.3) is 0 Å². The van der Waals surface area contributed by atoms with Crippen molar-refractivity contribution in [1.29, 1.82) is 0 Å². The van der Waals surface area contributed by atoms with E-state index in [1.54, 1.807) is 19.1 Å². The molecule has 1 N–H and O–H groups in total. The average molecular weight is 697 g/mol.